The van der Waals surface area contributed by atoms with Gasteiger partial charge in [0.05, 0.1) is 5.60 Å². The number of carbonyl (C=O) groups excluding carboxylic acids is 2. The van der Waals surface area contributed by atoms with Gasteiger partial charge in [0.2, 0.25) is 0 Å². The molecule has 0 aromatic rings. The zero-order valence-corrected chi connectivity index (χ0v) is 15.1. The molecule has 3 nitrogen and oxygen atoms in total. The lowest BCUT2D eigenvalue weighted by molar-refractivity contribution is -0.106. The Balaban J connectivity index is 2.55. The van der Waals surface area contributed by atoms with Crippen LogP contribution in [0.25, 0.3) is 0 Å². The molecule has 0 aliphatic heterocycles. The molecule has 2 atom stereocenters. The Bertz CT molecular complexity index is 453. The van der Waals surface area contributed by atoms with Crippen LogP contribution in [0.15, 0.2) is 23.3 Å². The summed E-state index contributed by atoms with van der Waals surface area (Å²) in [4.78, 5) is 21.2. The second kappa shape index (κ2) is 8.58. The molecule has 23 heavy (non-hydrogen) atoms. The van der Waals surface area contributed by atoms with Gasteiger partial charge >= 0.3 is 0 Å². The maximum Gasteiger partial charge on any atom is 0.146 e. The van der Waals surface area contributed by atoms with Gasteiger partial charge < -0.3 is 5.11 Å². The van der Waals surface area contributed by atoms with Crippen molar-refractivity contribution in [2.24, 2.45) is 11.3 Å². The van der Waals surface area contributed by atoms with Crippen LogP contribution in [0, 0.1) is 11.3 Å². The van der Waals surface area contributed by atoms with Gasteiger partial charge in [-0.15, -0.1) is 0 Å². The Labute approximate surface area is 140 Å². The number of carbonyl (C=O) groups is 2. The first kappa shape index (κ1) is 19.8. The van der Waals surface area contributed by atoms with Crippen LogP contribution in [0.1, 0.15) is 72.6 Å². The van der Waals surface area contributed by atoms with Crippen LogP contribution >= 0.6 is 0 Å². The van der Waals surface area contributed by atoms with E-state index in [9.17, 15) is 14.7 Å². The second-order valence-corrected chi connectivity index (χ2v) is 7.88. The van der Waals surface area contributed by atoms with E-state index in [-0.39, 0.29) is 5.41 Å². The highest BCUT2D eigenvalue weighted by molar-refractivity contribution is 5.81. The normalized spacial score (nSPS) is 28.5. The fourth-order valence-corrected chi connectivity index (χ4v) is 4.02. The quantitative estimate of drug-likeness (QED) is 0.410. The van der Waals surface area contributed by atoms with Crippen molar-refractivity contribution in [2.45, 2.75) is 78.2 Å². The molecule has 0 saturated heterocycles. The van der Waals surface area contributed by atoms with E-state index >= 15 is 0 Å². The first-order chi connectivity index (χ1) is 10.7. The summed E-state index contributed by atoms with van der Waals surface area (Å²) in [6.07, 6.45) is 11.4. The summed E-state index contributed by atoms with van der Waals surface area (Å²) in [5.74, 6) is 0.313. The minimum Gasteiger partial charge on any atom is -0.390 e. The standard InChI is InChI=1S/C20H32O3/c1-16(7-5-8-17(15-22)11-14-21)9-10-18-19(2,3)12-6-13-20(18,4)23/h7,11,14-15,18,23H,5-6,8-10,12-13H2,1-4H3/b16-7+,17-11-. The summed E-state index contributed by atoms with van der Waals surface area (Å²) < 4.78 is 0. The third-order valence-corrected chi connectivity index (χ3v) is 5.38. The van der Waals surface area contributed by atoms with Gasteiger partial charge in [-0.3, -0.25) is 9.59 Å². The molecule has 0 amide bonds. The average Bonchev–Trinajstić information content (AvgIpc) is 2.44. The number of hydrogen-bond donors (Lipinski definition) is 1. The molecular formula is C20H32O3. The molecule has 0 aromatic heterocycles. The summed E-state index contributed by atoms with van der Waals surface area (Å²) in [5, 5.41) is 10.7. The number of aldehydes is 2. The van der Waals surface area contributed by atoms with E-state index in [4.69, 9.17) is 0 Å². The van der Waals surface area contributed by atoms with Crippen molar-refractivity contribution in [3.63, 3.8) is 0 Å². The number of hydrogen-bond acceptors (Lipinski definition) is 3. The fourth-order valence-electron chi connectivity index (χ4n) is 4.02. The zero-order valence-electron chi connectivity index (χ0n) is 15.1. The fraction of sp³-hybridized carbons (Fsp3) is 0.700. The van der Waals surface area contributed by atoms with Gasteiger partial charge in [-0.05, 0) is 75.4 Å². The Morgan fingerprint density at radius 3 is 2.43 bits per heavy atom. The summed E-state index contributed by atoms with van der Waals surface area (Å²) in [6, 6.07) is 0. The molecule has 3 heteroatoms. The predicted molar refractivity (Wildman–Crippen MR) is 94.2 cm³/mol. The highest BCUT2D eigenvalue weighted by Crippen LogP contribution is 2.48. The molecule has 2 unspecified atom stereocenters. The van der Waals surface area contributed by atoms with E-state index in [2.05, 4.69) is 26.8 Å². The molecule has 1 fully saturated rings. The van der Waals surface area contributed by atoms with Crippen molar-refractivity contribution in [3.05, 3.63) is 23.3 Å². The van der Waals surface area contributed by atoms with Crippen LogP contribution < -0.4 is 0 Å². The summed E-state index contributed by atoms with van der Waals surface area (Å²) in [5.41, 5.74) is 1.44. The van der Waals surface area contributed by atoms with Crippen molar-refractivity contribution in [3.8, 4) is 0 Å². The van der Waals surface area contributed by atoms with Gasteiger partial charge in [-0.2, -0.15) is 0 Å². The molecule has 130 valence electrons. The lowest BCUT2D eigenvalue weighted by Gasteiger charge is -2.48. The molecule has 1 saturated carbocycles. The molecule has 1 rings (SSSR count). The number of allylic oxidation sites excluding steroid dienone is 4. The molecular weight excluding hydrogens is 288 g/mol. The van der Waals surface area contributed by atoms with Gasteiger partial charge in [0.15, 0.2) is 0 Å². The van der Waals surface area contributed by atoms with E-state index in [0.29, 0.717) is 24.2 Å². The Kier molecular flexibility index (Phi) is 7.40. The molecule has 0 bridgehead atoms. The first-order valence-corrected chi connectivity index (χ1v) is 8.70. The lowest BCUT2D eigenvalue weighted by atomic mass is 9.60. The molecule has 1 N–H and O–H groups in total. The van der Waals surface area contributed by atoms with E-state index in [1.54, 1.807) is 0 Å². The highest BCUT2D eigenvalue weighted by atomic mass is 16.3. The molecule has 0 heterocycles. The van der Waals surface area contributed by atoms with E-state index < -0.39 is 5.60 Å². The summed E-state index contributed by atoms with van der Waals surface area (Å²) in [6.45, 7) is 8.63. The maximum absolute atomic E-state index is 10.8. The van der Waals surface area contributed by atoms with Gasteiger partial charge in [-0.25, -0.2) is 0 Å². The zero-order chi connectivity index (χ0) is 17.5. The number of rotatable bonds is 8. The van der Waals surface area contributed by atoms with E-state index in [1.807, 2.05) is 6.92 Å². The van der Waals surface area contributed by atoms with Gasteiger partial charge in [0.25, 0.3) is 0 Å². The number of aliphatic hydroxyl groups is 1. The Morgan fingerprint density at radius 2 is 1.87 bits per heavy atom. The van der Waals surface area contributed by atoms with Crippen LogP contribution in [-0.4, -0.2) is 23.3 Å². The van der Waals surface area contributed by atoms with Crippen LogP contribution in [-0.2, 0) is 9.59 Å². The van der Waals surface area contributed by atoms with Crippen molar-refractivity contribution in [1.82, 2.24) is 0 Å². The lowest BCUT2D eigenvalue weighted by Crippen LogP contribution is -2.46. The van der Waals surface area contributed by atoms with Crippen molar-refractivity contribution < 1.29 is 14.7 Å². The SMILES string of the molecule is C/C(=C\CC/C(C=O)=C/C=O)CCC1C(C)(C)CCCC1(C)O. The van der Waals surface area contributed by atoms with E-state index in [0.717, 1.165) is 38.4 Å². The van der Waals surface area contributed by atoms with Crippen LogP contribution in [0.4, 0.5) is 0 Å². The first-order valence-electron chi connectivity index (χ1n) is 8.70. The Morgan fingerprint density at radius 1 is 1.17 bits per heavy atom. The van der Waals surface area contributed by atoms with Gasteiger partial charge in [0, 0.05) is 0 Å². The van der Waals surface area contributed by atoms with Crippen molar-refractivity contribution >= 4 is 12.6 Å². The predicted octanol–water partition coefficient (Wildman–Crippen LogP) is 4.39. The van der Waals surface area contributed by atoms with Crippen LogP contribution in [0.5, 0.6) is 0 Å². The topological polar surface area (TPSA) is 54.4 Å². The molecule has 0 radical (unpaired) electrons. The van der Waals surface area contributed by atoms with E-state index in [1.165, 1.54) is 18.1 Å². The molecule has 0 aromatic carbocycles. The van der Waals surface area contributed by atoms with Crippen molar-refractivity contribution in [2.75, 3.05) is 0 Å². The van der Waals surface area contributed by atoms with Gasteiger partial charge in [-0.1, -0.05) is 31.9 Å². The summed E-state index contributed by atoms with van der Waals surface area (Å²) >= 11 is 0. The second-order valence-electron chi connectivity index (χ2n) is 7.88. The smallest absolute Gasteiger partial charge is 0.146 e. The molecule has 1 aliphatic rings. The third-order valence-electron chi connectivity index (χ3n) is 5.38. The minimum absolute atomic E-state index is 0.180. The monoisotopic (exact) mass is 320 g/mol. The minimum atomic E-state index is -0.570. The summed E-state index contributed by atoms with van der Waals surface area (Å²) in [7, 11) is 0. The maximum atomic E-state index is 10.8. The molecule has 0 spiro atoms. The highest BCUT2D eigenvalue weighted by Gasteiger charge is 2.44. The van der Waals surface area contributed by atoms with Crippen LogP contribution in [0.3, 0.4) is 0 Å². The van der Waals surface area contributed by atoms with Gasteiger partial charge in [0.1, 0.15) is 12.6 Å². The average molecular weight is 320 g/mol. The third kappa shape index (κ3) is 6.06. The van der Waals surface area contributed by atoms with Crippen molar-refractivity contribution in [1.29, 1.82) is 0 Å². The molecule has 1 aliphatic carbocycles. The Hall–Kier alpha value is -1.22. The largest absolute Gasteiger partial charge is 0.390 e. The van der Waals surface area contributed by atoms with Crippen LogP contribution in [0.2, 0.25) is 0 Å².